The van der Waals surface area contributed by atoms with Crippen molar-refractivity contribution < 1.29 is 26.0 Å². The third kappa shape index (κ3) is 4.26. The number of benzene rings is 2. The maximum absolute atomic E-state index is 13.1. The number of furan rings is 1. The van der Waals surface area contributed by atoms with Gasteiger partial charge in [0.25, 0.3) is 10.0 Å². The molecular weight excluding hydrogens is 481 g/mol. The fraction of sp³-hybridized carbons (Fsp3) is 0.0833. The minimum Gasteiger partial charge on any atom is -0.472 e. The quantitative estimate of drug-likeness (QED) is 0.320. The number of rotatable bonds is 5. The zero-order valence-corrected chi connectivity index (χ0v) is 18.9. The van der Waals surface area contributed by atoms with Crippen LogP contribution in [-0.4, -0.2) is 22.4 Å². The first-order chi connectivity index (χ1) is 16.6. The van der Waals surface area contributed by atoms with E-state index in [9.17, 15) is 21.6 Å². The second-order valence-electron chi connectivity index (χ2n) is 7.77. The van der Waals surface area contributed by atoms with Crippen LogP contribution in [0.5, 0.6) is 0 Å². The van der Waals surface area contributed by atoms with Gasteiger partial charge in [0.2, 0.25) is 5.95 Å². The lowest BCUT2D eigenvalue weighted by Crippen LogP contribution is -2.12. The van der Waals surface area contributed by atoms with Gasteiger partial charge < -0.3 is 9.73 Å². The van der Waals surface area contributed by atoms with Crippen molar-refractivity contribution in [2.45, 2.75) is 18.0 Å². The molecule has 0 atom stereocenters. The Morgan fingerprint density at radius 3 is 2.49 bits per heavy atom. The van der Waals surface area contributed by atoms with Crippen LogP contribution in [0.2, 0.25) is 0 Å². The first kappa shape index (κ1) is 22.7. The predicted octanol–water partition coefficient (Wildman–Crippen LogP) is 6.00. The van der Waals surface area contributed by atoms with E-state index >= 15 is 0 Å². The van der Waals surface area contributed by atoms with Crippen LogP contribution in [0.15, 0.2) is 88.8 Å². The van der Waals surface area contributed by atoms with Crippen molar-refractivity contribution in [3.8, 4) is 11.3 Å². The van der Waals surface area contributed by atoms with Crippen LogP contribution in [-0.2, 0) is 16.2 Å². The molecule has 0 fully saturated rings. The van der Waals surface area contributed by atoms with E-state index in [2.05, 4.69) is 15.3 Å². The standard InChI is InChI=1S/C24H17F3N4O3S/c1-15-13-28-23(30-22(15)17-9-11-34-14-17)29-19-4-7-21-16(12-19)8-10-31(21)35(32,33)20-5-2-18(3-6-20)24(25,26)27/h2-14H,1H3,(H,28,29,30). The molecule has 0 bridgehead atoms. The molecule has 35 heavy (non-hydrogen) atoms. The highest BCUT2D eigenvalue weighted by atomic mass is 32.2. The number of halogens is 3. The number of hydrogen-bond acceptors (Lipinski definition) is 6. The molecule has 0 aliphatic rings. The fourth-order valence-electron chi connectivity index (χ4n) is 3.66. The molecule has 0 saturated carbocycles. The summed E-state index contributed by atoms with van der Waals surface area (Å²) in [6, 6.07) is 11.8. The Balaban J connectivity index is 1.44. The van der Waals surface area contributed by atoms with Gasteiger partial charge in [-0.25, -0.2) is 22.4 Å². The van der Waals surface area contributed by atoms with E-state index < -0.39 is 21.8 Å². The van der Waals surface area contributed by atoms with Crippen LogP contribution < -0.4 is 5.32 Å². The highest BCUT2D eigenvalue weighted by molar-refractivity contribution is 7.90. The van der Waals surface area contributed by atoms with E-state index in [1.54, 1.807) is 49.1 Å². The molecule has 11 heteroatoms. The van der Waals surface area contributed by atoms with Crippen LogP contribution >= 0.6 is 0 Å². The first-order valence-corrected chi connectivity index (χ1v) is 11.7. The van der Waals surface area contributed by atoms with E-state index in [0.29, 0.717) is 28.2 Å². The minimum atomic E-state index is -4.55. The summed E-state index contributed by atoms with van der Waals surface area (Å²) >= 11 is 0. The van der Waals surface area contributed by atoms with Gasteiger partial charge in [0.1, 0.15) is 0 Å². The van der Waals surface area contributed by atoms with Gasteiger partial charge in [-0.15, -0.1) is 0 Å². The number of hydrogen-bond donors (Lipinski definition) is 1. The summed E-state index contributed by atoms with van der Waals surface area (Å²) in [6.07, 6.45) is 1.64. The fourth-order valence-corrected chi connectivity index (χ4v) is 5.01. The predicted molar refractivity (Wildman–Crippen MR) is 124 cm³/mol. The highest BCUT2D eigenvalue weighted by Gasteiger charge is 2.31. The van der Waals surface area contributed by atoms with Gasteiger partial charge in [-0.05, 0) is 67.1 Å². The summed E-state index contributed by atoms with van der Waals surface area (Å²) in [6.45, 7) is 1.89. The lowest BCUT2D eigenvalue weighted by Gasteiger charge is -2.11. The van der Waals surface area contributed by atoms with Crippen molar-refractivity contribution in [1.82, 2.24) is 13.9 Å². The van der Waals surface area contributed by atoms with Crippen molar-refractivity contribution in [1.29, 1.82) is 0 Å². The van der Waals surface area contributed by atoms with Crippen molar-refractivity contribution in [3.05, 3.63) is 90.6 Å². The molecule has 0 unspecified atom stereocenters. The van der Waals surface area contributed by atoms with E-state index in [1.165, 1.54) is 6.20 Å². The summed E-state index contributed by atoms with van der Waals surface area (Å²) in [5.74, 6) is 0.350. The van der Waals surface area contributed by atoms with Gasteiger partial charge in [0.05, 0.1) is 34.2 Å². The molecule has 178 valence electrons. The topological polar surface area (TPSA) is 90.0 Å². The molecule has 0 amide bonds. The maximum atomic E-state index is 13.1. The minimum absolute atomic E-state index is 0.245. The summed E-state index contributed by atoms with van der Waals surface area (Å²) in [5, 5.41) is 3.71. The smallest absolute Gasteiger partial charge is 0.416 e. The van der Waals surface area contributed by atoms with Crippen LogP contribution in [0, 0.1) is 6.92 Å². The zero-order chi connectivity index (χ0) is 24.8. The Morgan fingerprint density at radius 2 is 1.80 bits per heavy atom. The SMILES string of the molecule is Cc1cnc(Nc2ccc3c(ccn3S(=O)(=O)c3ccc(C(F)(F)F)cc3)c2)nc1-c1ccoc1. The average molecular weight is 498 g/mol. The molecule has 3 aromatic heterocycles. The van der Waals surface area contributed by atoms with E-state index in [0.717, 1.165) is 39.4 Å². The van der Waals surface area contributed by atoms with Gasteiger partial charge in [-0.1, -0.05) is 0 Å². The first-order valence-electron chi connectivity index (χ1n) is 10.3. The van der Waals surface area contributed by atoms with Gasteiger partial charge in [0.15, 0.2) is 0 Å². The van der Waals surface area contributed by atoms with Crippen molar-refractivity contribution in [3.63, 3.8) is 0 Å². The summed E-state index contributed by atoms with van der Waals surface area (Å²) in [4.78, 5) is 8.59. The third-order valence-corrected chi connectivity index (χ3v) is 7.12. The number of nitrogens with zero attached hydrogens (tertiary/aromatic N) is 3. The van der Waals surface area contributed by atoms with Gasteiger partial charge in [-0.3, -0.25) is 0 Å². The lowest BCUT2D eigenvalue weighted by molar-refractivity contribution is -0.137. The lowest BCUT2D eigenvalue weighted by atomic mass is 10.1. The summed E-state index contributed by atoms with van der Waals surface area (Å²) < 4.78 is 70.8. The molecule has 3 heterocycles. The normalized spacial score (nSPS) is 12.2. The number of anilines is 2. The molecule has 0 aliphatic heterocycles. The Labute approximate surface area is 197 Å². The highest BCUT2D eigenvalue weighted by Crippen LogP contribution is 2.31. The van der Waals surface area contributed by atoms with Crippen LogP contribution in [0.25, 0.3) is 22.2 Å². The van der Waals surface area contributed by atoms with E-state index in [4.69, 9.17) is 4.42 Å². The number of fused-ring (bicyclic) bond motifs is 1. The average Bonchev–Trinajstić information content (AvgIpc) is 3.50. The molecule has 0 spiro atoms. The third-order valence-electron chi connectivity index (χ3n) is 5.42. The van der Waals surface area contributed by atoms with Crippen molar-refractivity contribution in [2.24, 2.45) is 0 Å². The zero-order valence-electron chi connectivity index (χ0n) is 18.1. The van der Waals surface area contributed by atoms with Crippen molar-refractivity contribution in [2.75, 3.05) is 5.32 Å². The Kier molecular flexibility index (Phi) is 5.36. The maximum Gasteiger partial charge on any atom is 0.416 e. The monoisotopic (exact) mass is 498 g/mol. The van der Waals surface area contributed by atoms with Gasteiger partial charge in [-0.2, -0.15) is 13.2 Å². The molecular formula is C24H17F3N4O3S. The van der Waals surface area contributed by atoms with Crippen LogP contribution in [0.1, 0.15) is 11.1 Å². The summed E-state index contributed by atoms with van der Waals surface area (Å²) in [7, 11) is -4.10. The molecule has 5 rings (SSSR count). The molecule has 7 nitrogen and oxygen atoms in total. The van der Waals surface area contributed by atoms with Crippen LogP contribution in [0.3, 0.4) is 0 Å². The molecule has 2 aromatic carbocycles. The van der Waals surface area contributed by atoms with E-state index in [-0.39, 0.29) is 4.90 Å². The summed E-state index contributed by atoms with van der Waals surface area (Å²) in [5.41, 5.74) is 2.49. The Morgan fingerprint density at radius 1 is 1.03 bits per heavy atom. The largest absolute Gasteiger partial charge is 0.472 e. The number of aryl methyl sites for hydroxylation is 1. The molecule has 5 aromatic rings. The van der Waals surface area contributed by atoms with E-state index in [1.807, 2.05) is 6.92 Å². The number of alkyl halides is 3. The van der Waals surface area contributed by atoms with Crippen LogP contribution in [0.4, 0.5) is 24.8 Å². The number of aromatic nitrogens is 3. The molecule has 0 radical (unpaired) electrons. The van der Waals surface area contributed by atoms with Gasteiger partial charge in [0, 0.05) is 29.0 Å². The Bertz CT molecular complexity index is 1630. The Hall–Kier alpha value is -4.12. The number of nitrogens with one attached hydrogen (secondary N) is 1. The van der Waals surface area contributed by atoms with Crippen molar-refractivity contribution >= 4 is 32.6 Å². The molecule has 0 aliphatic carbocycles. The second-order valence-corrected chi connectivity index (χ2v) is 9.59. The van der Waals surface area contributed by atoms with Gasteiger partial charge >= 0.3 is 6.18 Å². The second kappa shape index (κ2) is 8.27. The molecule has 1 N–H and O–H groups in total. The molecule has 0 saturated heterocycles.